The molecule has 0 amide bonds. The summed E-state index contributed by atoms with van der Waals surface area (Å²) in [5.41, 5.74) is 7.11. The van der Waals surface area contributed by atoms with Crippen LogP contribution in [0.4, 0.5) is 0 Å². The summed E-state index contributed by atoms with van der Waals surface area (Å²) < 4.78 is 5.77. The van der Waals surface area contributed by atoms with E-state index in [0.29, 0.717) is 12.5 Å². The second-order valence-electron chi connectivity index (χ2n) is 5.14. The maximum Gasteiger partial charge on any atom is 0.0651 e. The first-order valence-corrected chi connectivity index (χ1v) is 6.71. The molecule has 1 aliphatic rings. The van der Waals surface area contributed by atoms with E-state index in [1.54, 1.807) is 0 Å². The molecule has 0 aromatic carbocycles. The lowest BCUT2D eigenvalue weighted by molar-refractivity contribution is 0.144. The van der Waals surface area contributed by atoms with E-state index in [1.807, 2.05) is 6.92 Å². The van der Waals surface area contributed by atoms with Crippen LogP contribution in [0.1, 0.15) is 41.5 Å². The van der Waals surface area contributed by atoms with Gasteiger partial charge in [0.15, 0.2) is 0 Å². The first kappa shape index (κ1) is 15.0. The van der Waals surface area contributed by atoms with Gasteiger partial charge in [-0.05, 0) is 52.7 Å². The Morgan fingerprint density at radius 3 is 2.17 bits per heavy atom. The van der Waals surface area contributed by atoms with Gasteiger partial charge in [0.2, 0.25) is 0 Å². The summed E-state index contributed by atoms with van der Waals surface area (Å²) in [4.78, 5) is 0. The SMILES string of the molecule is C/C=C(C)/C=C/COCC1C(C)=C(C)C(C)=C1C. The molecule has 0 radical (unpaired) electrons. The molecule has 0 saturated carbocycles. The molecule has 1 aliphatic carbocycles. The number of hydrogen-bond donors (Lipinski definition) is 0. The molecule has 1 nitrogen and oxygen atoms in total. The number of ether oxygens (including phenoxy) is 1. The third kappa shape index (κ3) is 3.46. The van der Waals surface area contributed by atoms with Crippen LogP contribution in [0, 0.1) is 5.92 Å². The highest BCUT2D eigenvalue weighted by molar-refractivity contribution is 5.46. The van der Waals surface area contributed by atoms with Crippen LogP contribution >= 0.6 is 0 Å². The van der Waals surface area contributed by atoms with Gasteiger partial charge in [-0.1, -0.05) is 34.9 Å². The van der Waals surface area contributed by atoms with Crippen molar-refractivity contribution in [2.24, 2.45) is 5.92 Å². The highest BCUT2D eigenvalue weighted by Crippen LogP contribution is 2.36. The van der Waals surface area contributed by atoms with E-state index in [0.717, 1.165) is 6.61 Å². The molecule has 0 saturated heterocycles. The highest BCUT2D eigenvalue weighted by Gasteiger charge is 2.23. The lowest BCUT2D eigenvalue weighted by Gasteiger charge is -2.14. The first-order chi connectivity index (χ1) is 8.49. The standard InChI is InChI=1S/C17H26O/c1-7-12(2)9-8-10-18-11-17-15(5)13(3)14(4)16(17)6/h7-9,17H,10-11H2,1-6H3/b9-8+,12-7+. The van der Waals surface area contributed by atoms with Crippen molar-refractivity contribution in [2.45, 2.75) is 41.5 Å². The average molecular weight is 246 g/mol. The Bertz CT molecular complexity index is 395. The lowest BCUT2D eigenvalue weighted by atomic mass is 9.98. The number of hydrogen-bond acceptors (Lipinski definition) is 1. The fourth-order valence-corrected chi connectivity index (χ4v) is 2.27. The van der Waals surface area contributed by atoms with Crippen LogP contribution in [0.3, 0.4) is 0 Å². The predicted molar refractivity (Wildman–Crippen MR) is 79.6 cm³/mol. The molecule has 100 valence electrons. The van der Waals surface area contributed by atoms with Gasteiger partial charge in [0.25, 0.3) is 0 Å². The van der Waals surface area contributed by atoms with E-state index in [9.17, 15) is 0 Å². The summed E-state index contributed by atoms with van der Waals surface area (Å²) in [7, 11) is 0. The van der Waals surface area contributed by atoms with Crippen LogP contribution in [0.2, 0.25) is 0 Å². The largest absolute Gasteiger partial charge is 0.376 e. The number of allylic oxidation sites excluding steroid dienone is 5. The van der Waals surface area contributed by atoms with Crippen molar-refractivity contribution in [2.75, 3.05) is 13.2 Å². The van der Waals surface area contributed by atoms with Gasteiger partial charge in [0.05, 0.1) is 13.2 Å². The summed E-state index contributed by atoms with van der Waals surface area (Å²) in [6.07, 6.45) is 6.29. The van der Waals surface area contributed by atoms with Gasteiger partial charge in [0.1, 0.15) is 0 Å². The molecular weight excluding hydrogens is 220 g/mol. The fourth-order valence-electron chi connectivity index (χ4n) is 2.27. The Kier molecular flexibility index (Phi) is 5.61. The molecule has 0 unspecified atom stereocenters. The summed E-state index contributed by atoms with van der Waals surface area (Å²) in [6.45, 7) is 14.5. The van der Waals surface area contributed by atoms with Crippen LogP contribution in [0.15, 0.2) is 46.1 Å². The Balaban J connectivity index is 2.45. The van der Waals surface area contributed by atoms with Crippen LogP contribution in [0.25, 0.3) is 0 Å². The first-order valence-electron chi connectivity index (χ1n) is 6.71. The fraction of sp³-hybridized carbons (Fsp3) is 0.529. The second-order valence-corrected chi connectivity index (χ2v) is 5.14. The summed E-state index contributed by atoms with van der Waals surface area (Å²) >= 11 is 0. The molecular formula is C17H26O. The van der Waals surface area contributed by atoms with Crippen LogP contribution in [-0.2, 0) is 4.74 Å². The number of rotatable bonds is 5. The smallest absolute Gasteiger partial charge is 0.0651 e. The summed E-state index contributed by atoms with van der Waals surface area (Å²) in [5, 5.41) is 0. The minimum atomic E-state index is 0.487. The van der Waals surface area contributed by atoms with Crippen molar-refractivity contribution in [3.8, 4) is 0 Å². The van der Waals surface area contributed by atoms with Gasteiger partial charge >= 0.3 is 0 Å². The van der Waals surface area contributed by atoms with Gasteiger partial charge in [0, 0.05) is 5.92 Å². The van der Waals surface area contributed by atoms with Crippen LogP contribution in [-0.4, -0.2) is 13.2 Å². The topological polar surface area (TPSA) is 9.23 Å². The van der Waals surface area contributed by atoms with Crippen LogP contribution < -0.4 is 0 Å². The normalized spacial score (nSPS) is 18.7. The minimum Gasteiger partial charge on any atom is -0.376 e. The van der Waals surface area contributed by atoms with Crippen LogP contribution in [0.5, 0.6) is 0 Å². The zero-order valence-corrected chi connectivity index (χ0v) is 12.6. The van der Waals surface area contributed by atoms with Crippen molar-refractivity contribution in [3.63, 3.8) is 0 Å². The molecule has 0 bridgehead atoms. The van der Waals surface area contributed by atoms with E-state index >= 15 is 0 Å². The third-order valence-corrected chi connectivity index (χ3v) is 4.13. The van der Waals surface area contributed by atoms with Crippen molar-refractivity contribution < 1.29 is 4.74 Å². The molecule has 0 atom stereocenters. The minimum absolute atomic E-state index is 0.487. The second kappa shape index (κ2) is 6.75. The summed E-state index contributed by atoms with van der Waals surface area (Å²) in [6, 6.07) is 0. The predicted octanol–water partition coefficient (Wildman–Crippen LogP) is 4.83. The molecule has 0 fully saturated rings. The maximum atomic E-state index is 5.77. The highest BCUT2D eigenvalue weighted by atomic mass is 16.5. The van der Waals surface area contributed by atoms with Gasteiger partial charge < -0.3 is 4.74 Å². The maximum absolute atomic E-state index is 5.77. The Hall–Kier alpha value is -1.08. The third-order valence-electron chi connectivity index (χ3n) is 4.13. The van der Waals surface area contributed by atoms with E-state index in [-0.39, 0.29) is 0 Å². The molecule has 0 aromatic heterocycles. The zero-order chi connectivity index (χ0) is 13.7. The molecule has 1 rings (SSSR count). The quantitative estimate of drug-likeness (QED) is 0.499. The van der Waals surface area contributed by atoms with Gasteiger partial charge in [-0.3, -0.25) is 0 Å². The Morgan fingerprint density at radius 1 is 1.11 bits per heavy atom. The lowest BCUT2D eigenvalue weighted by Crippen LogP contribution is -2.10. The Morgan fingerprint density at radius 2 is 1.67 bits per heavy atom. The molecule has 0 N–H and O–H groups in total. The average Bonchev–Trinajstić information content (AvgIpc) is 2.55. The summed E-state index contributed by atoms with van der Waals surface area (Å²) in [5.74, 6) is 0.487. The zero-order valence-electron chi connectivity index (χ0n) is 12.6. The molecule has 0 aliphatic heterocycles. The van der Waals surface area contributed by atoms with Crippen molar-refractivity contribution >= 4 is 0 Å². The van der Waals surface area contributed by atoms with Crippen molar-refractivity contribution in [3.05, 3.63) is 46.1 Å². The van der Waals surface area contributed by atoms with Crippen molar-refractivity contribution in [1.29, 1.82) is 0 Å². The van der Waals surface area contributed by atoms with Gasteiger partial charge in [-0.2, -0.15) is 0 Å². The van der Waals surface area contributed by atoms with E-state index in [2.05, 4.69) is 52.8 Å². The Labute approximate surface area is 112 Å². The van der Waals surface area contributed by atoms with E-state index in [4.69, 9.17) is 4.74 Å². The van der Waals surface area contributed by atoms with Gasteiger partial charge in [-0.25, -0.2) is 0 Å². The molecule has 18 heavy (non-hydrogen) atoms. The van der Waals surface area contributed by atoms with E-state index in [1.165, 1.54) is 27.9 Å². The van der Waals surface area contributed by atoms with Crippen molar-refractivity contribution in [1.82, 2.24) is 0 Å². The monoisotopic (exact) mass is 246 g/mol. The molecule has 0 aromatic rings. The van der Waals surface area contributed by atoms with E-state index < -0.39 is 0 Å². The van der Waals surface area contributed by atoms with Gasteiger partial charge in [-0.15, -0.1) is 0 Å². The molecule has 0 spiro atoms. The molecule has 1 heteroatoms. The molecule has 0 heterocycles.